The van der Waals surface area contributed by atoms with Crippen LogP contribution in [0.25, 0.3) is 10.9 Å². The molecule has 0 spiro atoms. The van der Waals surface area contributed by atoms with Crippen LogP contribution in [0.3, 0.4) is 0 Å². The molecule has 0 aliphatic carbocycles. The fourth-order valence-corrected chi connectivity index (χ4v) is 2.25. The Morgan fingerprint density at radius 3 is 2.09 bits per heavy atom. The molecule has 0 saturated heterocycles. The van der Waals surface area contributed by atoms with Gasteiger partial charge in [-0.3, -0.25) is 0 Å². The number of para-hydroxylation sites is 1. The van der Waals surface area contributed by atoms with Gasteiger partial charge in [0.05, 0.1) is 17.2 Å². The molecule has 2 aromatic rings. The van der Waals surface area contributed by atoms with E-state index < -0.39 is 41.1 Å². The van der Waals surface area contributed by atoms with Crippen LogP contribution >= 0.6 is 0 Å². The Morgan fingerprint density at radius 2 is 1.61 bits per heavy atom. The van der Waals surface area contributed by atoms with Crippen molar-refractivity contribution in [2.45, 2.75) is 32.3 Å². The molecule has 1 atom stereocenters. The van der Waals surface area contributed by atoms with Crippen molar-refractivity contribution in [1.82, 2.24) is 4.98 Å². The molecule has 2 rings (SSSR count). The number of benzene rings is 1. The van der Waals surface area contributed by atoms with Crippen LogP contribution in [-0.4, -0.2) is 10.1 Å². The van der Waals surface area contributed by atoms with E-state index in [1.54, 1.807) is 13.8 Å². The SMILES string of the molecule is CC(C)C(O)c1cc(C(F)(F)F)nc2c(C(F)(F)F)cccc12. The van der Waals surface area contributed by atoms with Crippen LogP contribution in [0.1, 0.15) is 36.8 Å². The molecule has 0 saturated carbocycles. The van der Waals surface area contributed by atoms with Gasteiger partial charge in [-0.1, -0.05) is 26.0 Å². The third kappa shape index (κ3) is 3.41. The van der Waals surface area contributed by atoms with E-state index in [4.69, 9.17) is 0 Å². The Morgan fingerprint density at radius 1 is 1.00 bits per heavy atom. The lowest BCUT2D eigenvalue weighted by molar-refractivity contribution is -0.142. The van der Waals surface area contributed by atoms with Gasteiger partial charge in [0, 0.05) is 5.39 Å². The maximum absolute atomic E-state index is 13.1. The van der Waals surface area contributed by atoms with Crippen LogP contribution in [0.4, 0.5) is 26.3 Å². The summed E-state index contributed by atoms with van der Waals surface area (Å²) in [6.07, 6.45) is -11.1. The zero-order chi connectivity index (χ0) is 17.6. The number of rotatable bonds is 2. The highest BCUT2D eigenvalue weighted by Gasteiger charge is 2.38. The lowest BCUT2D eigenvalue weighted by atomic mass is 9.94. The fourth-order valence-electron chi connectivity index (χ4n) is 2.25. The average Bonchev–Trinajstić information content (AvgIpc) is 2.42. The standard InChI is InChI=1S/C15H13F6NO/c1-7(2)13(23)9-6-11(15(19,20)21)22-12-8(9)4-3-5-10(12)14(16,17)18/h3-7,13,23H,1-2H3. The number of hydrogen-bond donors (Lipinski definition) is 1. The zero-order valence-corrected chi connectivity index (χ0v) is 12.1. The van der Waals surface area contributed by atoms with Crippen molar-refractivity contribution in [2.75, 3.05) is 0 Å². The van der Waals surface area contributed by atoms with Crippen LogP contribution in [0.15, 0.2) is 24.3 Å². The highest BCUT2D eigenvalue weighted by molar-refractivity contribution is 5.86. The van der Waals surface area contributed by atoms with E-state index in [9.17, 15) is 31.4 Å². The summed E-state index contributed by atoms with van der Waals surface area (Å²) in [5.41, 5.74) is -3.76. The third-order valence-corrected chi connectivity index (χ3v) is 3.42. The fraction of sp³-hybridized carbons (Fsp3) is 0.400. The Balaban J connectivity index is 2.89. The molecule has 1 N–H and O–H groups in total. The molecule has 0 aliphatic heterocycles. The minimum Gasteiger partial charge on any atom is -0.388 e. The number of aliphatic hydroxyl groups excluding tert-OH is 1. The second-order valence-electron chi connectivity index (χ2n) is 5.48. The Kier molecular flexibility index (Phi) is 4.32. The molecular weight excluding hydrogens is 324 g/mol. The first kappa shape index (κ1) is 17.5. The molecule has 0 bridgehead atoms. The minimum atomic E-state index is -4.92. The lowest BCUT2D eigenvalue weighted by Gasteiger charge is -2.20. The van der Waals surface area contributed by atoms with Gasteiger partial charge >= 0.3 is 12.4 Å². The summed E-state index contributed by atoms with van der Waals surface area (Å²) in [5, 5.41) is 9.96. The predicted molar refractivity (Wildman–Crippen MR) is 71.5 cm³/mol. The summed E-state index contributed by atoms with van der Waals surface area (Å²) >= 11 is 0. The first-order valence-corrected chi connectivity index (χ1v) is 6.69. The van der Waals surface area contributed by atoms with Gasteiger partial charge in [-0.05, 0) is 23.6 Å². The largest absolute Gasteiger partial charge is 0.433 e. The second kappa shape index (κ2) is 5.67. The van der Waals surface area contributed by atoms with Crippen molar-refractivity contribution in [3.8, 4) is 0 Å². The molecule has 1 heterocycles. The van der Waals surface area contributed by atoms with Crippen LogP contribution in [0.5, 0.6) is 0 Å². The number of fused-ring (bicyclic) bond motifs is 1. The monoisotopic (exact) mass is 337 g/mol. The van der Waals surface area contributed by atoms with Crippen molar-refractivity contribution < 1.29 is 31.4 Å². The maximum atomic E-state index is 13.1. The summed E-state index contributed by atoms with van der Waals surface area (Å²) < 4.78 is 78.1. The highest BCUT2D eigenvalue weighted by Crippen LogP contribution is 2.39. The van der Waals surface area contributed by atoms with Crippen molar-refractivity contribution in [3.63, 3.8) is 0 Å². The van der Waals surface area contributed by atoms with Crippen LogP contribution in [0.2, 0.25) is 0 Å². The Labute approximate surface area is 127 Å². The highest BCUT2D eigenvalue weighted by atomic mass is 19.4. The third-order valence-electron chi connectivity index (χ3n) is 3.42. The van der Waals surface area contributed by atoms with Crippen LogP contribution in [-0.2, 0) is 12.4 Å². The van der Waals surface area contributed by atoms with Crippen LogP contribution < -0.4 is 0 Å². The lowest BCUT2D eigenvalue weighted by Crippen LogP contribution is -2.15. The summed E-state index contributed by atoms with van der Waals surface area (Å²) in [5.74, 6) is -0.476. The van der Waals surface area contributed by atoms with Crippen molar-refractivity contribution in [1.29, 1.82) is 0 Å². The molecule has 23 heavy (non-hydrogen) atoms. The van der Waals surface area contributed by atoms with Gasteiger partial charge in [-0.25, -0.2) is 4.98 Å². The molecule has 126 valence electrons. The number of halogens is 6. The molecule has 0 radical (unpaired) electrons. The first-order valence-electron chi connectivity index (χ1n) is 6.69. The molecule has 0 aliphatic rings. The van der Waals surface area contributed by atoms with Crippen molar-refractivity contribution >= 4 is 10.9 Å². The summed E-state index contributed by atoms with van der Waals surface area (Å²) in [4.78, 5) is 3.16. The number of hydrogen-bond acceptors (Lipinski definition) is 2. The van der Waals surface area contributed by atoms with Gasteiger partial charge in [0.25, 0.3) is 0 Å². The normalized spacial score (nSPS) is 14.5. The Bertz CT molecular complexity index is 720. The molecule has 2 nitrogen and oxygen atoms in total. The number of pyridine rings is 1. The summed E-state index contributed by atoms with van der Waals surface area (Å²) in [6, 6.07) is 3.57. The van der Waals surface area contributed by atoms with Gasteiger partial charge in [-0.15, -0.1) is 0 Å². The predicted octanol–water partition coefficient (Wildman–Crippen LogP) is 4.96. The van der Waals surface area contributed by atoms with E-state index >= 15 is 0 Å². The van der Waals surface area contributed by atoms with E-state index in [0.717, 1.165) is 6.07 Å². The number of nitrogens with zero attached hydrogens (tertiary/aromatic N) is 1. The average molecular weight is 337 g/mol. The first-order chi connectivity index (χ1) is 10.4. The number of aliphatic hydroxyl groups is 1. The molecule has 1 aromatic carbocycles. The van der Waals surface area contributed by atoms with E-state index in [0.29, 0.717) is 12.1 Å². The molecule has 0 amide bonds. The molecule has 0 fully saturated rings. The van der Waals surface area contributed by atoms with E-state index in [1.807, 2.05) is 0 Å². The van der Waals surface area contributed by atoms with Gasteiger partial charge in [-0.2, -0.15) is 26.3 Å². The van der Waals surface area contributed by atoms with Crippen molar-refractivity contribution in [3.05, 3.63) is 41.1 Å². The zero-order valence-electron chi connectivity index (χ0n) is 12.1. The van der Waals surface area contributed by atoms with Gasteiger partial charge in [0.15, 0.2) is 0 Å². The van der Waals surface area contributed by atoms with Gasteiger partial charge < -0.3 is 5.11 Å². The van der Waals surface area contributed by atoms with Gasteiger partial charge in [0.2, 0.25) is 0 Å². The van der Waals surface area contributed by atoms with Crippen LogP contribution in [0, 0.1) is 5.92 Å². The molecule has 1 aromatic heterocycles. The quantitative estimate of drug-likeness (QED) is 0.786. The molecular formula is C15H13F6NO. The summed E-state index contributed by atoms with van der Waals surface area (Å²) in [7, 11) is 0. The molecule has 1 unspecified atom stereocenters. The second-order valence-corrected chi connectivity index (χ2v) is 5.48. The van der Waals surface area contributed by atoms with E-state index in [1.165, 1.54) is 6.07 Å². The smallest absolute Gasteiger partial charge is 0.388 e. The van der Waals surface area contributed by atoms with Gasteiger partial charge in [0.1, 0.15) is 5.69 Å². The molecule has 8 heteroatoms. The maximum Gasteiger partial charge on any atom is 0.433 e. The Hall–Kier alpha value is -1.83. The number of aromatic nitrogens is 1. The van der Waals surface area contributed by atoms with E-state index in [2.05, 4.69) is 4.98 Å². The van der Waals surface area contributed by atoms with E-state index in [-0.39, 0.29) is 10.9 Å². The topological polar surface area (TPSA) is 33.1 Å². The van der Waals surface area contributed by atoms with Crippen molar-refractivity contribution in [2.24, 2.45) is 5.92 Å². The summed E-state index contributed by atoms with van der Waals surface area (Å²) in [6.45, 7) is 3.11. The number of alkyl halides is 6. The minimum absolute atomic E-state index is 0.144.